The highest BCUT2D eigenvalue weighted by atomic mass is 16.5. The van der Waals surface area contributed by atoms with Crippen LogP contribution in [0.5, 0.6) is 11.5 Å². The lowest BCUT2D eigenvalue weighted by Crippen LogP contribution is -2.30. The molecule has 2 rings (SSSR count). The average molecular weight is 306 g/mol. The molecule has 1 aromatic carbocycles. The third-order valence-corrected chi connectivity index (χ3v) is 3.64. The summed E-state index contributed by atoms with van der Waals surface area (Å²) in [7, 11) is 2.08. The minimum atomic E-state index is 0.409. The van der Waals surface area contributed by atoms with Crippen LogP contribution in [0.15, 0.2) is 23.2 Å². The van der Waals surface area contributed by atoms with E-state index in [0.29, 0.717) is 31.8 Å². The SMILES string of the molecule is CC(C)N(C)CCN=C(N)Nc1ccc2c(c1)OCCCO2. The molecule has 1 aromatic rings. The molecule has 0 saturated carbocycles. The van der Waals surface area contributed by atoms with Crippen LogP contribution in [0.4, 0.5) is 5.69 Å². The van der Waals surface area contributed by atoms with E-state index < -0.39 is 0 Å². The number of aliphatic imine (C=N–C) groups is 1. The standard InChI is InChI=1S/C16H26N4O2/c1-12(2)20(3)8-7-18-16(17)19-13-5-6-14-15(11-13)22-10-4-9-21-14/h5-6,11-12H,4,7-10H2,1-3H3,(H3,17,18,19). The minimum absolute atomic E-state index is 0.409. The number of ether oxygens (including phenoxy) is 2. The van der Waals surface area contributed by atoms with E-state index in [-0.39, 0.29) is 0 Å². The van der Waals surface area contributed by atoms with Crippen LogP contribution in [0.1, 0.15) is 20.3 Å². The fraction of sp³-hybridized carbons (Fsp3) is 0.562. The van der Waals surface area contributed by atoms with Crippen LogP contribution < -0.4 is 20.5 Å². The molecule has 22 heavy (non-hydrogen) atoms. The van der Waals surface area contributed by atoms with Gasteiger partial charge in [-0.3, -0.25) is 4.99 Å². The van der Waals surface area contributed by atoms with Gasteiger partial charge in [-0.1, -0.05) is 0 Å². The molecule has 122 valence electrons. The maximum absolute atomic E-state index is 5.92. The minimum Gasteiger partial charge on any atom is -0.490 e. The molecule has 0 unspecified atom stereocenters. The molecule has 1 aliphatic heterocycles. The van der Waals surface area contributed by atoms with Crippen molar-refractivity contribution in [2.75, 3.05) is 38.7 Å². The number of hydrogen-bond acceptors (Lipinski definition) is 4. The Morgan fingerprint density at radius 2 is 2.05 bits per heavy atom. The summed E-state index contributed by atoms with van der Waals surface area (Å²) in [5, 5.41) is 3.09. The van der Waals surface area contributed by atoms with E-state index in [2.05, 4.69) is 36.1 Å². The van der Waals surface area contributed by atoms with E-state index in [9.17, 15) is 0 Å². The first kappa shape index (κ1) is 16.4. The molecule has 0 radical (unpaired) electrons. The average Bonchev–Trinajstić information content (AvgIpc) is 2.71. The van der Waals surface area contributed by atoms with Gasteiger partial charge in [0, 0.05) is 30.8 Å². The number of rotatable bonds is 5. The van der Waals surface area contributed by atoms with Crippen LogP contribution in [0.2, 0.25) is 0 Å². The van der Waals surface area contributed by atoms with E-state index in [1.807, 2.05) is 18.2 Å². The second kappa shape index (κ2) is 7.89. The molecule has 6 heteroatoms. The van der Waals surface area contributed by atoms with Gasteiger partial charge in [0.2, 0.25) is 0 Å². The molecule has 1 heterocycles. The Labute approximate surface area is 132 Å². The molecule has 1 aliphatic rings. The van der Waals surface area contributed by atoms with Crippen molar-refractivity contribution < 1.29 is 9.47 Å². The van der Waals surface area contributed by atoms with Gasteiger partial charge in [-0.15, -0.1) is 0 Å². The Balaban J connectivity index is 1.91. The van der Waals surface area contributed by atoms with Gasteiger partial charge in [0.1, 0.15) is 0 Å². The van der Waals surface area contributed by atoms with Gasteiger partial charge in [-0.25, -0.2) is 0 Å². The fourth-order valence-corrected chi connectivity index (χ4v) is 2.01. The summed E-state index contributed by atoms with van der Waals surface area (Å²) >= 11 is 0. The zero-order valence-electron chi connectivity index (χ0n) is 13.6. The van der Waals surface area contributed by atoms with Crippen molar-refractivity contribution in [1.29, 1.82) is 0 Å². The van der Waals surface area contributed by atoms with Gasteiger partial charge >= 0.3 is 0 Å². The predicted octanol–water partition coefficient (Wildman–Crippen LogP) is 1.91. The Kier molecular flexibility index (Phi) is 5.89. The zero-order valence-corrected chi connectivity index (χ0v) is 13.6. The highest BCUT2D eigenvalue weighted by molar-refractivity contribution is 5.92. The van der Waals surface area contributed by atoms with E-state index in [1.54, 1.807) is 0 Å². The summed E-state index contributed by atoms with van der Waals surface area (Å²) in [6.07, 6.45) is 0.893. The molecule has 0 atom stereocenters. The molecule has 6 nitrogen and oxygen atoms in total. The normalized spacial score (nSPS) is 15.0. The molecule has 0 bridgehead atoms. The number of anilines is 1. The summed E-state index contributed by atoms with van der Waals surface area (Å²) < 4.78 is 11.3. The third kappa shape index (κ3) is 4.80. The number of nitrogens with two attached hydrogens (primary N) is 1. The summed E-state index contributed by atoms with van der Waals surface area (Å²) in [4.78, 5) is 6.57. The molecule has 0 saturated heterocycles. The van der Waals surface area contributed by atoms with Gasteiger partial charge in [0.05, 0.1) is 19.8 Å². The number of benzene rings is 1. The topological polar surface area (TPSA) is 72.1 Å². The van der Waals surface area contributed by atoms with E-state index in [1.165, 1.54) is 0 Å². The second-order valence-corrected chi connectivity index (χ2v) is 5.68. The van der Waals surface area contributed by atoms with Crippen molar-refractivity contribution in [2.45, 2.75) is 26.3 Å². The van der Waals surface area contributed by atoms with Crippen molar-refractivity contribution >= 4 is 11.6 Å². The Hall–Kier alpha value is -1.95. The molecule has 3 N–H and O–H groups in total. The van der Waals surface area contributed by atoms with E-state index >= 15 is 0 Å². The monoisotopic (exact) mass is 306 g/mol. The number of nitrogens with zero attached hydrogens (tertiary/aromatic N) is 2. The molecule has 0 amide bonds. The van der Waals surface area contributed by atoms with Crippen LogP contribution >= 0.6 is 0 Å². The van der Waals surface area contributed by atoms with Crippen LogP contribution in [-0.4, -0.2) is 50.3 Å². The number of hydrogen-bond donors (Lipinski definition) is 2. The molecule has 0 aromatic heterocycles. The van der Waals surface area contributed by atoms with Crippen LogP contribution in [0, 0.1) is 0 Å². The third-order valence-electron chi connectivity index (χ3n) is 3.64. The largest absolute Gasteiger partial charge is 0.490 e. The maximum Gasteiger partial charge on any atom is 0.193 e. The lowest BCUT2D eigenvalue weighted by Gasteiger charge is -2.19. The second-order valence-electron chi connectivity index (χ2n) is 5.68. The molecular formula is C16H26N4O2. The first-order valence-electron chi connectivity index (χ1n) is 7.73. The quantitative estimate of drug-likeness (QED) is 0.642. The maximum atomic E-state index is 5.92. The highest BCUT2D eigenvalue weighted by Crippen LogP contribution is 2.32. The van der Waals surface area contributed by atoms with Crippen LogP contribution in [0.3, 0.4) is 0 Å². The Morgan fingerprint density at radius 1 is 1.32 bits per heavy atom. The van der Waals surface area contributed by atoms with E-state index in [4.69, 9.17) is 15.2 Å². The molecular weight excluding hydrogens is 280 g/mol. The van der Waals surface area contributed by atoms with Crippen molar-refractivity contribution in [2.24, 2.45) is 10.7 Å². The van der Waals surface area contributed by atoms with Gasteiger partial charge in [-0.05, 0) is 33.0 Å². The number of likely N-dealkylation sites (N-methyl/N-ethyl adjacent to an activating group) is 1. The van der Waals surface area contributed by atoms with Gasteiger partial charge in [-0.2, -0.15) is 0 Å². The first-order chi connectivity index (χ1) is 10.6. The van der Waals surface area contributed by atoms with Gasteiger partial charge in [0.25, 0.3) is 0 Å². The first-order valence-corrected chi connectivity index (χ1v) is 7.73. The summed E-state index contributed by atoms with van der Waals surface area (Å²) in [5.41, 5.74) is 6.77. The molecule has 0 fully saturated rings. The zero-order chi connectivity index (χ0) is 15.9. The van der Waals surface area contributed by atoms with Crippen LogP contribution in [-0.2, 0) is 0 Å². The van der Waals surface area contributed by atoms with Gasteiger partial charge < -0.3 is 25.4 Å². The lowest BCUT2D eigenvalue weighted by atomic mass is 10.3. The van der Waals surface area contributed by atoms with Crippen molar-refractivity contribution in [3.63, 3.8) is 0 Å². The summed E-state index contributed by atoms with van der Waals surface area (Å²) in [5.74, 6) is 1.93. The molecule has 0 aliphatic carbocycles. The summed E-state index contributed by atoms with van der Waals surface area (Å²) in [6.45, 7) is 7.21. The Bertz CT molecular complexity index is 517. The number of guanidine groups is 1. The van der Waals surface area contributed by atoms with Crippen molar-refractivity contribution in [3.05, 3.63) is 18.2 Å². The predicted molar refractivity (Wildman–Crippen MR) is 89.9 cm³/mol. The van der Waals surface area contributed by atoms with E-state index in [0.717, 1.165) is 30.2 Å². The van der Waals surface area contributed by atoms with Crippen LogP contribution in [0.25, 0.3) is 0 Å². The smallest absolute Gasteiger partial charge is 0.193 e. The lowest BCUT2D eigenvalue weighted by molar-refractivity contribution is 0.282. The van der Waals surface area contributed by atoms with Crippen molar-refractivity contribution in [1.82, 2.24) is 4.90 Å². The number of fused-ring (bicyclic) bond motifs is 1. The highest BCUT2D eigenvalue weighted by Gasteiger charge is 2.10. The Morgan fingerprint density at radius 3 is 2.77 bits per heavy atom. The fourth-order valence-electron chi connectivity index (χ4n) is 2.01. The van der Waals surface area contributed by atoms with Crippen molar-refractivity contribution in [3.8, 4) is 11.5 Å². The summed E-state index contributed by atoms with van der Waals surface area (Å²) in [6, 6.07) is 6.20. The number of nitrogens with one attached hydrogen (secondary N) is 1. The van der Waals surface area contributed by atoms with Gasteiger partial charge in [0.15, 0.2) is 17.5 Å². The molecule has 0 spiro atoms.